The number of carbonyl (C=O) groups excluding carboxylic acids is 1. The Labute approximate surface area is 140 Å². The molecule has 118 valence electrons. The normalized spacial score (nSPS) is 11.0. The van der Waals surface area contributed by atoms with Crippen molar-refractivity contribution in [1.29, 1.82) is 0 Å². The molecule has 2 aromatic carbocycles. The van der Waals surface area contributed by atoms with Crippen LogP contribution in [0.2, 0.25) is 0 Å². The highest BCUT2D eigenvalue weighted by molar-refractivity contribution is 7.13. The van der Waals surface area contributed by atoms with Crippen LogP contribution < -0.4 is 5.73 Å². The Hall–Kier alpha value is -2.99. The van der Waals surface area contributed by atoms with E-state index < -0.39 is 11.7 Å². The summed E-state index contributed by atoms with van der Waals surface area (Å²) >= 11 is 1.60. The Morgan fingerprint density at radius 1 is 1.17 bits per heavy atom. The third-order valence-corrected chi connectivity index (χ3v) is 4.69. The second kappa shape index (κ2) is 5.58. The third kappa shape index (κ3) is 2.37. The molecule has 2 heterocycles. The number of aromatic nitrogens is 2. The van der Waals surface area contributed by atoms with E-state index in [-0.39, 0.29) is 5.56 Å². The molecule has 0 bridgehead atoms. The maximum atomic E-state index is 14.1. The first kappa shape index (κ1) is 14.6. The van der Waals surface area contributed by atoms with Crippen molar-refractivity contribution >= 4 is 28.3 Å². The predicted molar refractivity (Wildman–Crippen MR) is 93.3 cm³/mol. The molecule has 0 radical (unpaired) electrons. The van der Waals surface area contributed by atoms with Crippen molar-refractivity contribution in [1.82, 2.24) is 9.97 Å². The number of hydrogen-bond donors (Lipinski definition) is 2. The Balaban J connectivity index is 1.88. The van der Waals surface area contributed by atoms with Gasteiger partial charge in [0.15, 0.2) is 0 Å². The summed E-state index contributed by atoms with van der Waals surface area (Å²) in [7, 11) is 0. The number of nitrogens with one attached hydrogen (secondary N) is 1. The molecule has 0 saturated heterocycles. The molecule has 0 spiro atoms. The van der Waals surface area contributed by atoms with Crippen molar-refractivity contribution in [2.45, 2.75) is 0 Å². The quantitative estimate of drug-likeness (QED) is 0.588. The van der Waals surface area contributed by atoms with Gasteiger partial charge in [-0.2, -0.15) is 0 Å². The highest BCUT2D eigenvalue weighted by Gasteiger charge is 2.14. The van der Waals surface area contributed by atoms with E-state index in [9.17, 15) is 9.18 Å². The Bertz CT molecular complexity index is 1050. The fourth-order valence-electron chi connectivity index (χ4n) is 2.68. The van der Waals surface area contributed by atoms with Gasteiger partial charge in [-0.05, 0) is 35.2 Å². The summed E-state index contributed by atoms with van der Waals surface area (Å²) in [5.41, 5.74) is 8.10. The lowest BCUT2D eigenvalue weighted by Crippen LogP contribution is -2.12. The number of primary amides is 1. The van der Waals surface area contributed by atoms with E-state index in [0.29, 0.717) is 5.56 Å². The lowest BCUT2D eigenvalue weighted by molar-refractivity contribution is 0.0996. The first-order chi connectivity index (χ1) is 11.6. The Morgan fingerprint density at radius 2 is 2.04 bits per heavy atom. The highest BCUT2D eigenvalue weighted by Crippen LogP contribution is 2.31. The monoisotopic (exact) mass is 337 g/mol. The fourth-order valence-corrected chi connectivity index (χ4v) is 3.35. The fraction of sp³-hybridized carbons (Fsp3) is 0. The summed E-state index contributed by atoms with van der Waals surface area (Å²) in [6, 6.07) is 14.0. The molecule has 4 nitrogen and oxygen atoms in total. The number of hydrogen-bond acceptors (Lipinski definition) is 3. The molecule has 6 heteroatoms. The standard InChI is InChI=1S/C18H12FN3OS/c19-13-9-10(6-7-12(13)17(20)23)11-3-1-4-14-16(11)22-18(21-14)15-5-2-8-24-15/h1-9H,(H2,20,23)(H,21,22). The van der Waals surface area contributed by atoms with Gasteiger partial charge in [-0.15, -0.1) is 11.3 Å². The molecule has 24 heavy (non-hydrogen) atoms. The zero-order chi connectivity index (χ0) is 16.7. The Morgan fingerprint density at radius 3 is 2.75 bits per heavy atom. The van der Waals surface area contributed by atoms with Gasteiger partial charge in [0.2, 0.25) is 0 Å². The van der Waals surface area contributed by atoms with Crippen LogP contribution in [0.4, 0.5) is 4.39 Å². The molecule has 0 fully saturated rings. The first-order valence-corrected chi connectivity index (χ1v) is 8.14. The van der Waals surface area contributed by atoms with E-state index in [1.54, 1.807) is 17.4 Å². The predicted octanol–water partition coefficient (Wildman–Crippen LogP) is 4.20. The van der Waals surface area contributed by atoms with Crippen LogP contribution in [0.25, 0.3) is 32.9 Å². The zero-order valence-electron chi connectivity index (χ0n) is 12.4. The van der Waals surface area contributed by atoms with E-state index >= 15 is 0 Å². The number of benzene rings is 2. The average molecular weight is 337 g/mol. The molecule has 3 N–H and O–H groups in total. The summed E-state index contributed by atoms with van der Waals surface area (Å²) in [4.78, 5) is 20.2. The van der Waals surface area contributed by atoms with Gasteiger partial charge in [-0.1, -0.05) is 24.3 Å². The summed E-state index contributed by atoms with van der Waals surface area (Å²) in [6.45, 7) is 0. The second-order valence-corrected chi connectivity index (χ2v) is 6.27. The number of carbonyl (C=O) groups is 1. The minimum atomic E-state index is -0.781. The van der Waals surface area contributed by atoms with Crippen LogP contribution in [0.5, 0.6) is 0 Å². The number of amides is 1. The minimum Gasteiger partial charge on any atom is -0.366 e. The van der Waals surface area contributed by atoms with Gasteiger partial charge in [0, 0.05) is 5.56 Å². The maximum Gasteiger partial charge on any atom is 0.251 e. The van der Waals surface area contributed by atoms with Crippen molar-refractivity contribution in [2.24, 2.45) is 5.73 Å². The summed E-state index contributed by atoms with van der Waals surface area (Å²) in [5, 5.41) is 1.99. The lowest BCUT2D eigenvalue weighted by Gasteiger charge is -2.05. The molecule has 0 unspecified atom stereocenters. The minimum absolute atomic E-state index is 0.118. The van der Waals surface area contributed by atoms with Gasteiger partial charge in [-0.3, -0.25) is 4.79 Å². The molecule has 0 atom stereocenters. The number of para-hydroxylation sites is 1. The van der Waals surface area contributed by atoms with Crippen molar-refractivity contribution in [2.75, 3.05) is 0 Å². The van der Waals surface area contributed by atoms with E-state index in [1.807, 2.05) is 35.7 Å². The number of imidazole rings is 1. The van der Waals surface area contributed by atoms with Crippen LogP contribution in [0.15, 0.2) is 53.9 Å². The second-order valence-electron chi connectivity index (χ2n) is 5.32. The number of H-pyrrole nitrogens is 1. The SMILES string of the molecule is NC(=O)c1ccc(-c2cccc3[nH]c(-c4cccs4)nc23)cc1F. The number of aromatic amines is 1. The Kier molecular flexibility index (Phi) is 3.39. The third-order valence-electron chi connectivity index (χ3n) is 3.81. The average Bonchev–Trinajstić information content (AvgIpc) is 3.22. The molecule has 0 aliphatic carbocycles. The van der Waals surface area contributed by atoms with Crippen molar-refractivity contribution < 1.29 is 9.18 Å². The van der Waals surface area contributed by atoms with Gasteiger partial charge in [0.05, 0.1) is 21.5 Å². The number of thiophene rings is 1. The molecular formula is C18H12FN3OS. The number of nitrogens with two attached hydrogens (primary N) is 1. The molecule has 0 aliphatic heterocycles. The van der Waals surface area contributed by atoms with Crippen molar-refractivity contribution in [3.8, 4) is 21.8 Å². The van der Waals surface area contributed by atoms with Crippen molar-refractivity contribution in [3.05, 3.63) is 65.3 Å². The van der Waals surface area contributed by atoms with Gasteiger partial charge in [-0.25, -0.2) is 9.37 Å². The topological polar surface area (TPSA) is 71.8 Å². The molecular weight excluding hydrogens is 325 g/mol. The molecule has 4 aromatic rings. The van der Waals surface area contributed by atoms with E-state index in [2.05, 4.69) is 9.97 Å². The van der Waals surface area contributed by atoms with Crippen LogP contribution in [-0.2, 0) is 0 Å². The molecule has 0 aliphatic rings. The molecule has 1 amide bonds. The number of rotatable bonds is 3. The van der Waals surface area contributed by atoms with Gasteiger partial charge >= 0.3 is 0 Å². The molecule has 2 aromatic heterocycles. The molecule has 0 saturated carbocycles. The van der Waals surface area contributed by atoms with Crippen LogP contribution in [0.3, 0.4) is 0 Å². The van der Waals surface area contributed by atoms with Gasteiger partial charge < -0.3 is 10.7 Å². The van der Waals surface area contributed by atoms with E-state index in [1.165, 1.54) is 12.1 Å². The van der Waals surface area contributed by atoms with Gasteiger partial charge in [0.25, 0.3) is 5.91 Å². The number of nitrogens with zero attached hydrogens (tertiary/aromatic N) is 1. The van der Waals surface area contributed by atoms with Gasteiger partial charge in [0.1, 0.15) is 11.6 Å². The summed E-state index contributed by atoms with van der Waals surface area (Å²) in [6.07, 6.45) is 0. The van der Waals surface area contributed by atoms with E-state index in [0.717, 1.165) is 27.3 Å². The molecule has 4 rings (SSSR count). The van der Waals surface area contributed by atoms with Crippen LogP contribution in [0.1, 0.15) is 10.4 Å². The zero-order valence-corrected chi connectivity index (χ0v) is 13.2. The maximum absolute atomic E-state index is 14.1. The summed E-state index contributed by atoms with van der Waals surface area (Å²) in [5.74, 6) is -0.635. The van der Waals surface area contributed by atoms with Crippen LogP contribution >= 0.6 is 11.3 Å². The number of fused-ring (bicyclic) bond motifs is 1. The number of halogens is 1. The highest BCUT2D eigenvalue weighted by atomic mass is 32.1. The largest absolute Gasteiger partial charge is 0.366 e. The smallest absolute Gasteiger partial charge is 0.251 e. The van der Waals surface area contributed by atoms with E-state index in [4.69, 9.17) is 5.73 Å². The first-order valence-electron chi connectivity index (χ1n) is 7.26. The summed E-state index contributed by atoms with van der Waals surface area (Å²) < 4.78 is 14.1. The van der Waals surface area contributed by atoms with Crippen LogP contribution in [0, 0.1) is 5.82 Å². The van der Waals surface area contributed by atoms with Crippen molar-refractivity contribution in [3.63, 3.8) is 0 Å². The lowest BCUT2D eigenvalue weighted by atomic mass is 10.0. The van der Waals surface area contributed by atoms with Crippen LogP contribution in [-0.4, -0.2) is 15.9 Å².